The molecule has 0 aliphatic heterocycles. The van der Waals surface area contributed by atoms with Crippen molar-refractivity contribution in [1.82, 2.24) is 20.4 Å². The predicted molar refractivity (Wildman–Crippen MR) is 142 cm³/mol. The molecule has 2 N–H and O–H groups in total. The Morgan fingerprint density at radius 2 is 1.86 bits per heavy atom. The van der Waals surface area contributed by atoms with Crippen LogP contribution in [0.2, 0.25) is 0 Å². The van der Waals surface area contributed by atoms with Crippen LogP contribution in [-0.2, 0) is 17.9 Å². The van der Waals surface area contributed by atoms with E-state index in [4.69, 9.17) is 4.74 Å². The molecule has 1 aromatic heterocycles. The maximum Gasteiger partial charge on any atom is 0.273 e. The van der Waals surface area contributed by atoms with Gasteiger partial charge in [0, 0.05) is 18.5 Å². The van der Waals surface area contributed by atoms with Crippen molar-refractivity contribution in [2.24, 2.45) is 11.3 Å². The molecule has 8 heteroatoms. The maximum atomic E-state index is 14.9. The Labute approximate surface area is 217 Å². The van der Waals surface area contributed by atoms with Gasteiger partial charge in [-0.3, -0.25) is 14.3 Å². The predicted octanol–water partition coefficient (Wildman–Crippen LogP) is 5.23. The molecule has 1 saturated carbocycles. The topological polar surface area (TPSA) is 85.2 Å². The van der Waals surface area contributed by atoms with E-state index in [0.29, 0.717) is 35.7 Å². The van der Waals surface area contributed by atoms with Crippen LogP contribution >= 0.6 is 0 Å². The lowest BCUT2D eigenvalue weighted by molar-refractivity contribution is -0.125. The number of aromatic nitrogens is 2. The average Bonchev–Trinajstić information content (AvgIpc) is 3.25. The molecule has 0 saturated heterocycles. The first-order chi connectivity index (χ1) is 17.7. The van der Waals surface area contributed by atoms with Gasteiger partial charge < -0.3 is 15.4 Å². The monoisotopic (exact) mass is 508 g/mol. The molecule has 1 heterocycles. The molecule has 7 nitrogen and oxygen atoms in total. The number of fused-ring (bicyclic) bond motifs is 1. The summed E-state index contributed by atoms with van der Waals surface area (Å²) in [5.41, 5.74) is 0.794. The van der Waals surface area contributed by atoms with E-state index in [2.05, 4.69) is 15.7 Å². The smallest absolute Gasteiger partial charge is 0.273 e. The van der Waals surface area contributed by atoms with Crippen molar-refractivity contribution in [2.75, 3.05) is 7.11 Å². The molecule has 2 amide bonds. The number of carbonyl (C=O) groups is 2. The molecule has 1 aliphatic carbocycles. The van der Waals surface area contributed by atoms with Crippen LogP contribution in [0.1, 0.15) is 68.9 Å². The van der Waals surface area contributed by atoms with Crippen LogP contribution in [0.4, 0.5) is 4.39 Å². The lowest BCUT2D eigenvalue weighted by Crippen LogP contribution is -2.53. The first kappa shape index (κ1) is 26.6. The maximum absolute atomic E-state index is 14.9. The minimum absolute atomic E-state index is 0.139. The Hall–Kier alpha value is -3.42. The van der Waals surface area contributed by atoms with Crippen LogP contribution in [0, 0.1) is 17.2 Å². The Morgan fingerprint density at radius 3 is 2.57 bits per heavy atom. The Morgan fingerprint density at radius 1 is 1.14 bits per heavy atom. The summed E-state index contributed by atoms with van der Waals surface area (Å²) in [4.78, 5) is 26.7. The molecule has 4 rings (SSSR count). The van der Waals surface area contributed by atoms with E-state index in [9.17, 15) is 14.0 Å². The van der Waals surface area contributed by atoms with Gasteiger partial charge in [-0.05, 0) is 47.9 Å². The number of amides is 2. The highest BCUT2D eigenvalue weighted by molar-refractivity contribution is 6.06. The zero-order valence-electron chi connectivity index (χ0n) is 22.1. The lowest BCUT2D eigenvalue weighted by Gasteiger charge is -2.30. The van der Waals surface area contributed by atoms with Crippen molar-refractivity contribution in [3.8, 4) is 5.75 Å². The SMILES string of the molecule is COc1cccc(CNC(=O)C(NC(=O)c2nn(CC3CCCCC3)c3c(F)cccc23)C(C)(C)C)c1. The Kier molecular flexibility index (Phi) is 8.15. The number of hydrogen-bond acceptors (Lipinski definition) is 4. The van der Waals surface area contributed by atoms with Gasteiger partial charge in [-0.15, -0.1) is 0 Å². The number of nitrogens with zero attached hydrogens (tertiary/aromatic N) is 2. The number of methoxy groups -OCH3 is 1. The number of hydrogen-bond donors (Lipinski definition) is 2. The van der Waals surface area contributed by atoms with Crippen LogP contribution < -0.4 is 15.4 Å². The molecular formula is C29H37FN4O3. The first-order valence-electron chi connectivity index (χ1n) is 13.0. The quantitative estimate of drug-likeness (QED) is 0.437. The highest BCUT2D eigenvalue weighted by Gasteiger charge is 2.34. The van der Waals surface area contributed by atoms with Gasteiger partial charge >= 0.3 is 0 Å². The lowest BCUT2D eigenvalue weighted by atomic mass is 9.86. The third kappa shape index (κ3) is 6.29. The molecule has 1 aliphatic rings. The summed E-state index contributed by atoms with van der Waals surface area (Å²) in [6.07, 6.45) is 5.72. The minimum Gasteiger partial charge on any atom is -0.497 e. The molecule has 3 aromatic rings. The van der Waals surface area contributed by atoms with Crippen LogP contribution in [0.5, 0.6) is 5.75 Å². The fourth-order valence-corrected chi connectivity index (χ4v) is 5.06. The fraction of sp³-hybridized carbons (Fsp3) is 0.483. The van der Waals surface area contributed by atoms with Crippen molar-refractivity contribution < 1.29 is 18.7 Å². The van der Waals surface area contributed by atoms with Crippen molar-refractivity contribution in [2.45, 2.75) is 72.0 Å². The number of rotatable bonds is 8. The molecule has 1 fully saturated rings. The van der Waals surface area contributed by atoms with Gasteiger partial charge in [0.2, 0.25) is 5.91 Å². The molecule has 0 spiro atoms. The zero-order valence-corrected chi connectivity index (χ0v) is 22.1. The summed E-state index contributed by atoms with van der Waals surface area (Å²) in [7, 11) is 1.59. The first-order valence-corrected chi connectivity index (χ1v) is 13.0. The Bertz CT molecular complexity index is 1260. The third-order valence-corrected chi connectivity index (χ3v) is 7.10. The molecule has 2 aromatic carbocycles. The fourth-order valence-electron chi connectivity index (χ4n) is 5.06. The molecule has 198 valence electrons. The largest absolute Gasteiger partial charge is 0.497 e. The van der Waals surface area contributed by atoms with Crippen LogP contribution in [0.15, 0.2) is 42.5 Å². The van der Waals surface area contributed by atoms with E-state index < -0.39 is 23.2 Å². The van der Waals surface area contributed by atoms with E-state index in [0.717, 1.165) is 31.2 Å². The molecular weight excluding hydrogens is 471 g/mol. The van der Waals surface area contributed by atoms with Gasteiger partial charge in [-0.25, -0.2) is 4.39 Å². The van der Waals surface area contributed by atoms with Gasteiger partial charge in [0.05, 0.1) is 7.11 Å². The normalized spacial score (nSPS) is 15.4. The van der Waals surface area contributed by atoms with Crippen LogP contribution in [0.3, 0.4) is 0 Å². The van der Waals surface area contributed by atoms with Gasteiger partial charge in [0.15, 0.2) is 5.69 Å². The summed E-state index contributed by atoms with van der Waals surface area (Å²) in [5, 5.41) is 10.8. The minimum atomic E-state index is -0.822. The van der Waals surface area contributed by atoms with Gasteiger partial charge in [0.25, 0.3) is 5.91 Å². The highest BCUT2D eigenvalue weighted by atomic mass is 19.1. The summed E-state index contributed by atoms with van der Waals surface area (Å²) in [6.45, 7) is 6.55. The van der Waals surface area contributed by atoms with Crippen molar-refractivity contribution in [3.05, 3.63) is 59.5 Å². The van der Waals surface area contributed by atoms with E-state index in [1.54, 1.807) is 23.9 Å². The van der Waals surface area contributed by atoms with E-state index in [-0.39, 0.29) is 11.6 Å². The molecule has 0 bridgehead atoms. The number of halogens is 1. The average molecular weight is 509 g/mol. The summed E-state index contributed by atoms with van der Waals surface area (Å²) in [6, 6.07) is 11.3. The summed E-state index contributed by atoms with van der Waals surface area (Å²) >= 11 is 0. The van der Waals surface area contributed by atoms with Crippen molar-refractivity contribution >= 4 is 22.7 Å². The molecule has 1 unspecified atom stereocenters. The van der Waals surface area contributed by atoms with E-state index >= 15 is 0 Å². The summed E-state index contributed by atoms with van der Waals surface area (Å²) < 4.78 is 21.8. The van der Waals surface area contributed by atoms with Crippen molar-refractivity contribution in [1.29, 1.82) is 0 Å². The Balaban J connectivity index is 1.55. The number of benzene rings is 2. The van der Waals surface area contributed by atoms with Crippen LogP contribution in [-0.4, -0.2) is 34.7 Å². The number of carbonyl (C=O) groups excluding carboxylic acids is 2. The molecule has 0 radical (unpaired) electrons. The van der Waals surface area contributed by atoms with E-state index in [1.165, 1.54) is 12.5 Å². The van der Waals surface area contributed by atoms with E-state index in [1.807, 2.05) is 45.0 Å². The highest BCUT2D eigenvalue weighted by Crippen LogP contribution is 2.29. The van der Waals surface area contributed by atoms with Crippen molar-refractivity contribution in [3.63, 3.8) is 0 Å². The molecule has 1 atom stereocenters. The van der Waals surface area contributed by atoms with Crippen LogP contribution in [0.25, 0.3) is 10.9 Å². The van der Waals surface area contributed by atoms with Gasteiger partial charge in [-0.1, -0.05) is 64.3 Å². The second-order valence-electron chi connectivity index (χ2n) is 11.0. The number of nitrogens with one attached hydrogen (secondary N) is 2. The number of para-hydroxylation sites is 1. The second kappa shape index (κ2) is 11.3. The zero-order chi connectivity index (χ0) is 26.6. The standard InChI is InChI=1S/C29H37FN4O3/c1-29(2,3)26(28(36)31-17-20-12-8-13-21(16-20)37-4)32-27(35)24-22-14-9-15-23(30)25(22)34(33-24)18-19-10-6-5-7-11-19/h8-9,12-16,19,26H,5-7,10-11,17-18H2,1-4H3,(H,31,36)(H,32,35). The van der Waals surface area contributed by atoms with Gasteiger partial charge in [0.1, 0.15) is 23.1 Å². The number of ether oxygens (including phenoxy) is 1. The second-order valence-corrected chi connectivity index (χ2v) is 11.0. The summed E-state index contributed by atoms with van der Waals surface area (Å²) in [5.74, 6) is -0.0778. The third-order valence-electron chi connectivity index (χ3n) is 7.10. The molecule has 37 heavy (non-hydrogen) atoms. The van der Waals surface area contributed by atoms with Gasteiger partial charge in [-0.2, -0.15) is 5.10 Å².